The number of nitrogens with zero attached hydrogens (tertiary/aromatic N) is 2. The van der Waals surface area contributed by atoms with Crippen molar-refractivity contribution in [3.05, 3.63) is 65.7 Å². The number of nitrogens with one attached hydrogen (secondary N) is 2. The molecule has 1 aliphatic heterocycles. The molecule has 0 aromatic heterocycles. The minimum atomic E-state index is -0.653. The molecule has 2 unspecified atom stereocenters. The lowest BCUT2D eigenvalue weighted by atomic mass is 10.0. The number of aryl methyl sites for hydroxylation is 1. The zero-order valence-electron chi connectivity index (χ0n) is 20.0. The Kier molecular flexibility index (Phi) is 12.0. The molecule has 2 atom stereocenters. The number of aliphatic hydroxyl groups is 1. The number of halogens is 1. The average molecular weight is 567 g/mol. The van der Waals surface area contributed by atoms with Crippen molar-refractivity contribution in [2.24, 2.45) is 4.99 Å². The molecule has 3 N–H and O–H groups in total. The number of benzene rings is 2. The quantitative estimate of drug-likeness (QED) is 0.242. The van der Waals surface area contributed by atoms with Crippen LogP contribution in [0.25, 0.3) is 0 Å². The highest BCUT2D eigenvalue weighted by Crippen LogP contribution is 2.24. The molecule has 7 heteroatoms. The monoisotopic (exact) mass is 566 g/mol. The predicted molar refractivity (Wildman–Crippen MR) is 147 cm³/mol. The lowest BCUT2D eigenvalue weighted by Crippen LogP contribution is -2.49. The van der Waals surface area contributed by atoms with Gasteiger partial charge < -0.3 is 20.5 Å². The smallest absolute Gasteiger partial charge is 0.191 e. The minimum Gasteiger partial charge on any atom is -0.491 e. The van der Waals surface area contributed by atoms with E-state index in [4.69, 9.17) is 4.74 Å². The van der Waals surface area contributed by atoms with Gasteiger partial charge in [-0.15, -0.1) is 24.0 Å². The summed E-state index contributed by atoms with van der Waals surface area (Å²) in [6.07, 6.45) is 1.49. The molecular formula is C26H39IN4O2. The second-order valence-corrected chi connectivity index (χ2v) is 8.54. The van der Waals surface area contributed by atoms with Crippen LogP contribution in [0.1, 0.15) is 43.9 Å². The first-order valence-corrected chi connectivity index (χ1v) is 11.8. The van der Waals surface area contributed by atoms with Crippen molar-refractivity contribution in [2.75, 3.05) is 32.8 Å². The van der Waals surface area contributed by atoms with Crippen LogP contribution in [0.2, 0.25) is 0 Å². The third kappa shape index (κ3) is 9.14. The van der Waals surface area contributed by atoms with Crippen molar-refractivity contribution in [1.82, 2.24) is 15.5 Å². The first-order chi connectivity index (χ1) is 15.5. The van der Waals surface area contributed by atoms with Crippen LogP contribution >= 0.6 is 24.0 Å². The Bertz CT molecular complexity index is 841. The molecule has 1 aliphatic rings. The van der Waals surface area contributed by atoms with Crippen molar-refractivity contribution in [3.63, 3.8) is 0 Å². The third-order valence-corrected chi connectivity index (χ3v) is 5.94. The SMILES string of the molecule is CCNC(=NCC(O)COc1cccc(C)c1)NC1CCN(C(C)c2ccccc2)CC1.I. The summed E-state index contributed by atoms with van der Waals surface area (Å²) in [7, 11) is 0. The fourth-order valence-corrected chi connectivity index (χ4v) is 4.03. The summed E-state index contributed by atoms with van der Waals surface area (Å²) in [6.45, 7) is 9.78. The molecule has 1 saturated heterocycles. The molecule has 0 bridgehead atoms. The molecule has 0 radical (unpaired) electrons. The molecule has 3 rings (SSSR count). The van der Waals surface area contributed by atoms with E-state index in [0.717, 1.165) is 49.7 Å². The molecule has 0 amide bonds. The normalized spacial score (nSPS) is 17.0. The van der Waals surface area contributed by atoms with Crippen LogP contribution in [0, 0.1) is 6.92 Å². The van der Waals surface area contributed by atoms with Gasteiger partial charge in [0.25, 0.3) is 0 Å². The third-order valence-electron chi connectivity index (χ3n) is 5.94. The van der Waals surface area contributed by atoms with E-state index in [1.54, 1.807) is 0 Å². The highest BCUT2D eigenvalue weighted by molar-refractivity contribution is 14.0. The number of hydrogen-bond donors (Lipinski definition) is 3. The summed E-state index contributed by atoms with van der Waals surface area (Å²) in [5, 5.41) is 17.2. The van der Waals surface area contributed by atoms with Crippen LogP contribution in [0.15, 0.2) is 59.6 Å². The number of hydrogen-bond acceptors (Lipinski definition) is 4. The van der Waals surface area contributed by atoms with E-state index >= 15 is 0 Å². The Morgan fingerprint density at radius 2 is 1.88 bits per heavy atom. The van der Waals surface area contributed by atoms with Gasteiger partial charge in [0, 0.05) is 31.7 Å². The van der Waals surface area contributed by atoms with Gasteiger partial charge in [0.05, 0.1) is 6.54 Å². The number of ether oxygens (including phenoxy) is 1. The van der Waals surface area contributed by atoms with E-state index < -0.39 is 6.10 Å². The maximum absolute atomic E-state index is 10.3. The molecule has 1 fully saturated rings. The maximum atomic E-state index is 10.3. The van der Waals surface area contributed by atoms with Crippen LogP contribution < -0.4 is 15.4 Å². The van der Waals surface area contributed by atoms with Crippen molar-refractivity contribution in [1.29, 1.82) is 0 Å². The Morgan fingerprint density at radius 1 is 1.15 bits per heavy atom. The van der Waals surface area contributed by atoms with E-state index in [1.165, 1.54) is 5.56 Å². The molecule has 0 aliphatic carbocycles. The summed E-state index contributed by atoms with van der Waals surface area (Å²) < 4.78 is 5.70. The highest BCUT2D eigenvalue weighted by atomic mass is 127. The van der Waals surface area contributed by atoms with E-state index in [0.29, 0.717) is 18.6 Å². The zero-order chi connectivity index (χ0) is 22.8. The van der Waals surface area contributed by atoms with Crippen LogP contribution in [0.4, 0.5) is 0 Å². The summed E-state index contributed by atoms with van der Waals surface area (Å²) in [5.41, 5.74) is 2.51. The number of piperidine rings is 1. The van der Waals surface area contributed by atoms with Gasteiger partial charge in [0.15, 0.2) is 5.96 Å². The first-order valence-electron chi connectivity index (χ1n) is 11.8. The lowest BCUT2D eigenvalue weighted by molar-refractivity contribution is 0.114. The number of guanidine groups is 1. The van der Waals surface area contributed by atoms with Crippen LogP contribution in [0.3, 0.4) is 0 Å². The van der Waals surface area contributed by atoms with E-state index in [9.17, 15) is 5.11 Å². The Hall–Kier alpha value is -1.84. The van der Waals surface area contributed by atoms with Crippen molar-refractivity contribution < 1.29 is 9.84 Å². The molecule has 0 saturated carbocycles. The van der Waals surface area contributed by atoms with Gasteiger partial charge in [-0.3, -0.25) is 9.89 Å². The van der Waals surface area contributed by atoms with Crippen molar-refractivity contribution >= 4 is 29.9 Å². The van der Waals surface area contributed by atoms with Crippen LogP contribution in [-0.2, 0) is 0 Å². The van der Waals surface area contributed by atoms with Gasteiger partial charge in [-0.1, -0.05) is 42.5 Å². The van der Waals surface area contributed by atoms with Crippen LogP contribution in [-0.4, -0.2) is 60.9 Å². The summed E-state index contributed by atoms with van der Waals surface area (Å²) in [5.74, 6) is 1.53. The summed E-state index contributed by atoms with van der Waals surface area (Å²) in [6, 6.07) is 19.4. The molecule has 0 spiro atoms. The van der Waals surface area contributed by atoms with E-state index in [-0.39, 0.29) is 30.6 Å². The second-order valence-electron chi connectivity index (χ2n) is 8.54. The highest BCUT2D eigenvalue weighted by Gasteiger charge is 2.24. The van der Waals surface area contributed by atoms with E-state index in [2.05, 4.69) is 64.7 Å². The fraction of sp³-hybridized carbons (Fsp3) is 0.500. The minimum absolute atomic E-state index is 0. The topological polar surface area (TPSA) is 69.1 Å². The molecule has 33 heavy (non-hydrogen) atoms. The van der Waals surface area contributed by atoms with Gasteiger partial charge in [-0.05, 0) is 56.9 Å². The molecule has 182 valence electrons. The molecule has 2 aromatic rings. The number of aliphatic hydroxyl groups excluding tert-OH is 1. The Balaban J connectivity index is 0.00000385. The maximum Gasteiger partial charge on any atom is 0.191 e. The lowest BCUT2D eigenvalue weighted by Gasteiger charge is -2.37. The van der Waals surface area contributed by atoms with Crippen molar-refractivity contribution in [2.45, 2.75) is 51.8 Å². The van der Waals surface area contributed by atoms with Gasteiger partial charge in [-0.2, -0.15) is 0 Å². The summed E-state index contributed by atoms with van der Waals surface area (Å²) >= 11 is 0. The van der Waals surface area contributed by atoms with Gasteiger partial charge in [0.2, 0.25) is 0 Å². The molecule has 1 heterocycles. The van der Waals surface area contributed by atoms with E-state index in [1.807, 2.05) is 31.2 Å². The van der Waals surface area contributed by atoms with Crippen molar-refractivity contribution in [3.8, 4) is 5.75 Å². The number of aliphatic imine (C=N–C) groups is 1. The fourth-order valence-electron chi connectivity index (χ4n) is 4.03. The molecule has 6 nitrogen and oxygen atoms in total. The average Bonchev–Trinajstić information content (AvgIpc) is 2.82. The molecular weight excluding hydrogens is 527 g/mol. The Labute approximate surface area is 215 Å². The van der Waals surface area contributed by atoms with Crippen LogP contribution in [0.5, 0.6) is 5.75 Å². The largest absolute Gasteiger partial charge is 0.491 e. The van der Waals surface area contributed by atoms with Gasteiger partial charge in [-0.25, -0.2) is 0 Å². The predicted octanol–water partition coefficient (Wildman–Crippen LogP) is 4.13. The zero-order valence-corrected chi connectivity index (χ0v) is 22.4. The van der Waals surface area contributed by atoms with Gasteiger partial charge in [0.1, 0.15) is 18.5 Å². The molecule has 2 aromatic carbocycles. The Morgan fingerprint density at radius 3 is 2.55 bits per heavy atom. The standard InChI is InChI=1S/C26H38N4O2.HI/c1-4-27-26(28-18-24(31)19-32-25-12-8-9-20(2)17-25)29-23-13-15-30(16-14-23)21(3)22-10-6-5-7-11-22;/h5-12,17,21,23-24,31H,4,13-16,18-19H2,1-3H3,(H2,27,28,29);1H. The summed E-state index contributed by atoms with van der Waals surface area (Å²) in [4.78, 5) is 7.14. The number of likely N-dealkylation sites (tertiary alicyclic amines) is 1. The first kappa shape index (κ1) is 27.4. The second kappa shape index (κ2) is 14.4. The number of rotatable bonds is 9. The van der Waals surface area contributed by atoms with Gasteiger partial charge >= 0.3 is 0 Å².